The van der Waals surface area contributed by atoms with Crippen molar-refractivity contribution in [1.29, 1.82) is 0 Å². The summed E-state index contributed by atoms with van der Waals surface area (Å²) in [5.41, 5.74) is 1.94. The molecule has 1 fully saturated rings. The molecule has 7 nitrogen and oxygen atoms in total. The Kier molecular flexibility index (Phi) is 7.39. The number of anilines is 1. The van der Waals surface area contributed by atoms with Crippen LogP contribution in [0.2, 0.25) is 5.02 Å². The molecule has 1 amide bonds. The molecule has 0 spiro atoms. The topological polar surface area (TPSA) is 92.5 Å². The summed E-state index contributed by atoms with van der Waals surface area (Å²) < 4.78 is 47.4. The zero-order valence-corrected chi connectivity index (χ0v) is 20.9. The van der Waals surface area contributed by atoms with Gasteiger partial charge in [0, 0.05) is 35.3 Å². The average molecular weight is 518 g/mol. The molecule has 35 heavy (non-hydrogen) atoms. The number of amides is 1. The van der Waals surface area contributed by atoms with Gasteiger partial charge in [0.1, 0.15) is 11.5 Å². The van der Waals surface area contributed by atoms with Crippen LogP contribution in [0.25, 0.3) is 12.2 Å². The number of nitrogens with zero attached hydrogens (tertiary/aromatic N) is 2. The van der Waals surface area contributed by atoms with E-state index in [2.05, 4.69) is 10.5 Å². The van der Waals surface area contributed by atoms with Crippen LogP contribution in [0.3, 0.4) is 0 Å². The van der Waals surface area contributed by atoms with Crippen molar-refractivity contribution in [1.82, 2.24) is 9.46 Å². The number of piperidine rings is 1. The van der Waals surface area contributed by atoms with Crippen LogP contribution in [-0.2, 0) is 14.8 Å². The predicted molar refractivity (Wildman–Crippen MR) is 133 cm³/mol. The molecule has 1 aliphatic rings. The standard InChI is InChI=1S/C25H25ClFN3O4S/c1-16-20(26)7-5-9-22(16)28-25(31)19-12-14-30(15-13-19)35(32,33)24-17(2)29-34-23(24)11-10-18-6-3-4-8-21(18)27/h3-11,19H,12-15H2,1-2H3,(H,28,31)/b11-10+. The van der Waals surface area contributed by atoms with Crippen molar-refractivity contribution in [3.05, 3.63) is 75.9 Å². The fraction of sp³-hybridized carbons (Fsp3) is 0.280. The molecule has 1 saturated heterocycles. The molecule has 1 aliphatic heterocycles. The molecule has 184 valence electrons. The molecular formula is C25H25ClFN3O4S. The van der Waals surface area contributed by atoms with Gasteiger partial charge in [-0.15, -0.1) is 0 Å². The lowest BCUT2D eigenvalue weighted by atomic mass is 9.97. The smallest absolute Gasteiger partial charge is 0.248 e. The van der Waals surface area contributed by atoms with Crippen LogP contribution in [0.15, 0.2) is 51.9 Å². The van der Waals surface area contributed by atoms with Gasteiger partial charge in [0.05, 0.1) is 0 Å². The molecule has 1 N–H and O–H groups in total. The lowest BCUT2D eigenvalue weighted by molar-refractivity contribution is -0.120. The Hall–Kier alpha value is -3.01. The van der Waals surface area contributed by atoms with Gasteiger partial charge in [-0.05, 0) is 62.6 Å². The number of hydrogen-bond acceptors (Lipinski definition) is 5. The second kappa shape index (κ2) is 10.3. The van der Waals surface area contributed by atoms with Gasteiger partial charge in [-0.3, -0.25) is 4.79 Å². The molecule has 2 heterocycles. The van der Waals surface area contributed by atoms with E-state index in [-0.39, 0.29) is 41.3 Å². The molecule has 10 heteroatoms. The summed E-state index contributed by atoms with van der Waals surface area (Å²) in [6, 6.07) is 11.4. The maximum absolute atomic E-state index is 13.9. The number of benzene rings is 2. The molecule has 2 aromatic carbocycles. The number of aromatic nitrogens is 1. The molecule has 4 rings (SSSR count). The molecule has 0 radical (unpaired) electrons. The first-order chi connectivity index (χ1) is 16.7. The second-order valence-electron chi connectivity index (χ2n) is 8.40. The number of hydrogen-bond donors (Lipinski definition) is 1. The molecule has 0 unspecified atom stereocenters. The zero-order chi connectivity index (χ0) is 25.2. The van der Waals surface area contributed by atoms with Crippen molar-refractivity contribution in [2.45, 2.75) is 31.6 Å². The molecule has 1 aromatic heterocycles. The Bertz CT molecular complexity index is 1380. The summed E-state index contributed by atoms with van der Waals surface area (Å²) in [7, 11) is -3.93. The maximum atomic E-state index is 13.9. The van der Waals surface area contributed by atoms with Gasteiger partial charge in [0.15, 0.2) is 10.7 Å². The van der Waals surface area contributed by atoms with E-state index in [0.29, 0.717) is 29.1 Å². The van der Waals surface area contributed by atoms with E-state index in [1.807, 2.05) is 6.92 Å². The summed E-state index contributed by atoms with van der Waals surface area (Å²) in [5, 5.41) is 7.28. The summed E-state index contributed by atoms with van der Waals surface area (Å²) in [6.45, 7) is 3.73. The lowest BCUT2D eigenvalue weighted by Gasteiger charge is -2.30. The van der Waals surface area contributed by atoms with Crippen LogP contribution in [0.5, 0.6) is 0 Å². The third-order valence-electron chi connectivity index (χ3n) is 6.10. The highest BCUT2D eigenvalue weighted by Gasteiger charge is 2.36. The number of aryl methyl sites for hydroxylation is 1. The third kappa shape index (κ3) is 5.32. The van der Waals surface area contributed by atoms with Crippen LogP contribution in [0.1, 0.15) is 35.4 Å². The van der Waals surface area contributed by atoms with Crippen molar-refractivity contribution in [2.24, 2.45) is 5.92 Å². The van der Waals surface area contributed by atoms with Crippen LogP contribution in [0.4, 0.5) is 10.1 Å². The second-order valence-corrected chi connectivity index (χ2v) is 10.7. The fourth-order valence-electron chi connectivity index (χ4n) is 4.04. The van der Waals surface area contributed by atoms with Crippen molar-refractivity contribution in [2.75, 3.05) is 18.4 Å². The Morgan fingerprint density at radius 3 is 2.57 bits per heavy atom. The number of rotatable bonds is 6. The summed E-state index contributed by atoms with van der Waals surface area (Å²) in [6.07, 6.45) is 3.59. The van der Waals surface area contributed by atoms with E-state index in [4.69, 9.17) is 16.1 Å². The molecule has 0 atom stereocenters. The van der Waals surface area contributed by atoms with Crippen LogP contribution in [0, 0.1) is 25.6 Å². The van der Waals surface area contributed by atoms with E-state index in [9.17, 15) is 17.6 Å². The SMILES string of the molecule is Cc1noc(/C=C/c2ccccc2F)c1S(=O)(=O)N1CCC(C(=O)Nc2cccc(Cl)c2C)CC1. The zero-order valence-electron chi connectivity index (χ0n) is 19.3. The number of carbonyl (C=O) groups excluding carboxylic acids is 1. The highest BCUT2D eigenvalue weighted by molar-refractivity contribution is 7.89. The van der Waals surface area contributed by atoms with Crippen LogP contribution >= 0.6 is 11.6 Å². The first-order valence-corrected chi connectivity index (χ1v) is 13.0. The van der Waals surface area contributed by atoms with Crippen LogP contribution in [-0.4, -0.2) is 36.9 Å². The molecular weight excluding hydrogens is 493 g/mol. The highest BCUT2D eigenvalue weighted by atomic mass is 35.5. The number of nitrogens with one attached hydrogen (secondary N) is 1. The Morgan fingerprint density at radius 1 is 1.14 bits per heavy atom. The Balaban J connectivity index is 1.47. The largest absolute Gasteiger partial charge is 0.355 e. The molecule has 0 bridgehead atoms. The minimum absolute atomic E-state index is 0.0297. The summed E-state index contributed by atoms with van der Waals surface area (Å²) in [4.78, 5) is 12.7. The van der Waals surface area contributed by atoms with Gasteiger partial charge in [-0.25, -0.2) is 12.8 Å². The Morgan fingerprint density at radius 2 is 1.86 bits per heavy atom. The average Bonchev–Trinajstić information content (AvgIpc) is 3.22. The van der Waals surface area contributed by atoms with Gasteiger partial charge in [0.25, 0.3) is 0 Å². The quantitative estimate of drug-likeness (QED) is 0.479. The maximum Gasteiger partial charge on any atom is 0.248 e. The highest BCUT2D eigenvalue weighted by Crippen LogP contribution is 2.30. The van der Waals surface area contributed by atoms with E-state index in [1.165, 1.54) is 22.5 Å². The van der Waals surface area contributed by atoms with Crippen LogP contribution < -0.4 is 5.32 Å². The molecule has 3 aromatic rings. The molecule has 0 aliphatic carbocycles. The van der Waals surface area contributed by atoms with E-state index in [1.54, 1.807) is 43.3 Å². The first-order valence-electron chi connectivity index (χ1n) is 11.1. The van der Waals surface area contributed by atoms with Gasteiger partial charge in [-0.2, -0.15) is 4.31 Å². The van der Waals surface area contributed by atoms with Crippen molar-refractivity contribution >= 4 is 45.4 Å². The Labute approximate surface area is 208 Å². The first kappa shape index (κ1) is 25.1. The van der Waals surface area contributed by atoms with Gasteiger partial charge < -0.3 is 9.84 Å². The molecule has 0 saturated carbocycles. The van der Waals surface area contributed by atoms with E-state index in [0.717, 1.165) is 5.56 Å². The third-order valence-corrected chi connectivity index (χ3v) is 8.57. The normalized spacial score (nSPS) is 15.5. The summed E-state index contributed by atoms with van der Waals surface area (Å²) in [5.74, 6) is -0.898. The van der Waals surface area contributed by atoms with Crippen molar-refractivity contribution in [3.63, 3.8) is 0 Å². The minimum atomic E-state index is -3.93. The summed E-state index contributed by atoms with van der Waals surface area (Å²) >= 11 is 6.13. The lowest BCUT2D eigenvalue weighted by Crippen LogP contribution is -2.41. The minimum Gasteiger partial charge on any atom is -0.355 e. The van der Waals surface area contributed by atoms with Gasteiger partial charge >= 0.3 is 0 Å². The van der Waals surface area contributed by atoms with Crippen molar-refractivity contribution in [3.8, 4) is 0 Å². The van der Waals surface area contributed by atoms with Crippen molar-refractivity contribution < 1.29 is 22.1 Å². The van der Waals surface area contributed by atoms with Gasteiger partial charge in [-0.1, -0.05) is 41.0 Å². The number of sulfonamides is 1. The predicted octanol–water partition coefficient (Wildman–Crippen LogP) is 5.29. The van der Waals surface area contributed by atoms with Gasteiger partial charge in [0.2, 0.25) is 15.9 Å². The van der Waals surface area contributed by atoms with E-state index < -0.39 is 15.8 Å². The van der Waals surface area contributed by atoms with E-state index >= 15 is 0 Å². The fourth-order valence-corrected chi connectivity index (χ4v) is 5.93. The number of carbonyl (C=O) groups is 1. The monoisotopic (exact) mass is 517 g/mol. The number of halogens is 2.